The third kappa shape index (κ3) is 2.87. The van der Waals surface area contributed by atoms with E-state index >= 15 is 0 Å². The van der Waals surface area contributed by atoms with Crippen LogP contribution >= 0.6 is 0 Å². The molecule has 0 aliphatic carbocycles. The van der Waals surface area contributed by atoms with Gasteiger partial charge in [0, 0.05) is 18.2 Å². The van der Waals surface area contributed by atoms with Gasteiger partial charge in [0.1, 0.15) is 11.6 Å². The number of phenolic OH excluding ortho intramolecular Hbond substituents is 1. The fraction of sp³-hybridized carbons (Fsp3) is 0.200. The highest BCUT2D eigenvalue weighted by Crippen LogP contribution is 2.15. The molecule has 0 atom stereocenters. The molecule has 0 aliphatic rings. The maximum atomic E-state index is 13.0. The van der Waals surface area contributed by atoms with Crippen molar-refractivity contribution >= 4 is 6.08 Å². The van der Waals surface area contributed by atoms with Crippen LogP contribution in [0.15, 0.2) is 24.3 Å². The molecule has 13 heavy (non-hydrogen) atoms. The molecular formula is C10H12FNO. The Kier molecular flexibility index (Phi) is 3.46. The number of rotatable bonds is 3. The highest BCUT2D eigenvalue weighted by Gasteiger charge is 1.98. The van der Waals surface area contributed by atoms with E-state index in [4.69, 9.17) is 5.11 Å². The second-order valence-corrected chi connectivity index (χ2v) is 2.67. The van der Waals surface area contributed by atoms with E-state index in [1.54, 1.807) is 6.08 Å². The summed E-state index contributed by atoms with van der Waals surface area (Å²) >= 11 is 0. The van der Waals surface area contributed by atoms with Gasteiger partial charge >= 0.3 is 0 Å². The largest absolute Gasteiger partial charge is 0.508 e. The molecule has 3 heteroatoms. The van der Waals surface area contributed by atoms with E-state index in [9.17, 15) is 4.39 Å². The van der Waals surface area contributed by atoms with Gasteiger partial charge in [-0.2, -0.15) is 0 Å². The van der Waals surface area contributed by atoms with E-state index in [0.717, 1.165) is 6.07 Å². The van der Waals surface area contributed by atoms with Crippen molar-refractivity contribution in [1.29, 1.82) is 0 Å². The number of nitrogens with one attached hydrogen (secondary N) is 1. The lowest BCUT2D eigenvalue weighted by atomic mass is 10.2. The van der Waals surface area contributed by atoms with Crippen molar-refractivity contribution in [3.05, 3.63) is 35.7 Å². The topological polar surface area (TPSA) is 32.3 Å². The molecule has 0 saturated heterocycles. The molecule has 2 N–H and O–H groups in total. The minimum absolute atomic E-state index is 0.0525. The Balaban J connectivity index is 2.77. The molecule has 0 bridgehead atoms. The summed E-state index contributed by atoms with van der Waals surface area (Å²) in [5, 5.41) is 11.8. The molecular weight excluding hydrogens is 169 g/mol. The number of hydrogen-bond donors (Lipinski definition) is 2. The molecule has 0 fully saturated rings. The van der Waals surface area contributed by atoms with Gasteiger partial charge in [-0.25, -0.2) is 4.39 Å². The minimum atomic E-state index is -0.410. The van der Waals surface area contributed by atoms with Crippen LogP contribution in [0.25, 0.3) is 6.08 Å². The van der Waals surface area contributed by atoms with Crippen LogP contribution < -0.4 is 5.32 Å². The molecule has 0 amide bonds. The molecule has 1 aromatic rings. The molecule has 0 aromatic heterocycles. The molecule has 1 rings (SSSR count). The molecule has 2 nitrogen and oxygen atoms in total. The standard InChI is InChI=1S/C10H12FNO/c1-12-6-2-3-8-4-5-9(13)7-10(8)11/h2-5,7,12-13H,6H2,1H3. The van der Waals surface area contributed by atoms with Gasteiger partial charge in [-0.1, -0.05) is 12.2 Å². The first-order valence-electron chi connectivity index (χ1n) is 4.03. The first-order valence-corrected chi connectivity index (χ1v) is 4.03. The third-order valence-electron chi connectivity index (χ3n) is 1.60. The highest BCUT2D eigenvalue weighted by molar-refractivity contribution is 5.51. The maximum Gasteiger partial charge on any atom is 0.134 e. The zero-order valence-corrected chi connectivity index (χ0v) is 7.42. The van der Waals surface area contributed by atoms with Crippen LogP contribution in [0.4, 0.5) is 4.39 Å². The predicted molar refractivity (Wildman–Crippen MR) is 51.0 cm³/mol. The van der Waals surface area contributed by atoms with Crippen LogP contribution in [0.1, 0.15) is 5.56 Å². The Morgan fingerprint density at radius 1 is 1.54 bits per heavy atom. The fourth-order valence-electron chi connectivity index (χ4n) is 0.955. The van der Waals surface area contributed by atoms with Gasteiger partial charge in [0.05, 0.1) is 0 Å². The Morgan fingerprint density at radius 2 is 2.31 bits per heavy atom. The molecule has 0 unspecified atom stereocenters. The average Bonchev–Trinajstić information content (AvgIpc) is 2.09. The van der Waals surface area contributed by atoms with Crippen molar-refractivity contribution in [3.63, 3.8) is 0 Å². The van der Waals surface area contributed by atoms with Gasteiger partial charge in [-0.15, -0.1) is 0 Å². The van der Waals surface area contributed by atoms with Crippen molar-refractivity contribution < 1.29 is 9.50 Å². The van der Waals surface area contributed by atoms with Gasteiger partial charge in [0.2, 0.25) is 0 Å². The summed E-state index contributed by atoms with van der Waals surface area (Å²) in [5.41, 5.74) is 0.480. The molecule has 0 saturated carbocycles. The summed E-state index contributed by atoms with van der Waals surface area (Å²) in [4.78, 5) is 0. The van der Waals surface area contributed by atoms with Crippen LogP contribution in [0.2, 0.25) is 0 Å². The average molecular weight is 181 g/mol. The monoisotopic (exact) mass is 181 g/mol. The lowest BCUT2D eigenvalue weighted by molar-refractivity contribution is 0.469. The third-order valence-corrected chi connectivity index (χ3v) is 1.60. The number of benzene rings is 1. The SMILES string of the molecule is CNCC=Cc1ccc(O)cc1F. The summed E-state index contributed by atoms with van der Waals surface area (Å²) in [6.07, 6.45) is 3.49. The summed E-state index contributed by atoms with van der Waals surface area (Å²) in [7, 11) is 1.82. The fourth-order valence-corrected chi connectivity index (χ4v) is 0.955. The quantitative estimate of drug-likeness (QED) is 0.744. The molecule has 70 valence electrons. The molecule has 0 aliphatic heterocycles. The number of likely N-dealkylation sites (N-methyl/N-ethyl adjacent to an activating group) is 1. The lowest BCUT2D eigenvalue weighted by Gasteiger charge is -1.97. The van der Waals surface area contributed by atoms with Crippen LogP contribution in [0, 0.1) is 5.82 Å². The summed E-state index contributed by atoms with van der Waals surface area (Å²) in [6.45, 7) is 0.695. The summed E-state index contributed by atoms with van der Waals surface area (Å²) in [5.74, 6) is -0.462. The predicted octanol–water partition coefficient (Wildman–Crippen LogP) is 1.76. The number of halogens is 1. The Labute approximate surface area is 76.7 Å². The van der Waals surface area contributed by atoms with E-state index in [1.165, 1.54) is 12.1 Å². The molecule has 0 spiro atoms. The van der Waals surface area contributed by atoms with E-state index in [0.29, 0.717) is 12.1 Å². The Morgan fingerprint density at radius 3 is 2.92 bits per heavy atom. The number of aromatic hydroxyl groups is 1. The van der Waals surface area contributed by atoms with Crippen molar-refractivity contribution in [2.45, 2.75) is 0 Å². The van der Waals surface area contributed by atoms with Crippen molar-refractivity contribution in [2.24, 2.45) is 0 Å². The second kappa shape index (κ2) is 4.62. The van der Waals surface area contributed by atoms with Crippen LogP contribution in [0.5, 0.6) is 5.75 Å². The minimum Gasteiger partial charge on any atom is -0.508 e. The summed E-state index contributed by atoms with van der Waals surface area (Å²) in [6, 6.07) is 4.10. The van der Waals surface area contributed by atoms with Crippen LogP contribution in [-0.2, 0) is 0 Å². The van der Waals surface area contributed by atoms with Gasteiger partial charge in [-0.05, 0) is 19.2 Å². The number of phenols is 1. The number of hydrogen-bond acceptors (Lipinski definition) is 2. The lowest BCUT2D eigenvalue weighted by Crippen LogP contribution is -2.03. The van der Waals surface area contributed by atoms with Crippen LogP contribution in [-0.4, -0.2) is 18.7 Å². The maximum absolute atomic E-state index is 13.0. The van der Waals surface area contributed by atoms with Crippen molar-refractivity contribution in [1.82, 2.24) is 5.32 Å². The van der Waals surface area contributed by atoms with Crippen molar-refractivity contribution in [2.75, 3.05) is 13.6 Å². The van der Waals surface area contributed by atoms with E-state index in [2.05, 4.69) is 5.32 Å². The first kappa shape index (κ1) is 9.74. The van der Waals surface area contributed by atoms with Gasteiger partial charge in [0.25, 0.3) is 0 Å². The molecule has 0 radical (unpaired) electrons. The Bertz CT molecular complexity index is 310. The molecule has 1 aromatic carbocycles. The van der Waals surface area contributed by atoms with Gasteiger partial charge in [-0.3, -0.25) is 0 Å². The first-order chi connectivity index (χ1) is 6.24. The zero-order valence-electron chi connectivity index (χ0n) is 7.42. The Hall–Kier alpha value is -1.35. The zero-order chi connectivity index (χ0) is 9.68. The highest BCUT2D eigenvalue weighted by atomic mass is 19.1. The van der Waals surface area contributed by atoms with Crippen molar-refractivity contribution in [3.8, 4) is 5.75 Å². The normalized spacial score (nSPS) is 10.9. The van der Waals surface area contributed by atoms with E-state index in [1.807, 2.05) is 13.1 Å². The smallest absolute Gasteiger partial charge is 0.134 e. The van der Waals surface area contributed by atoms with Gasteiger partial charge < -0.3 is 10.4 Å². The van der Waals surface area contributed by atoms with E-state index < -0.39 is 5.82 Å². The summed E-state index contributed by atoms with van der Waals surface area (Å²) < 4.78 is 13.0. The molecule has 0 heterocycles. The van der Waals surface area contributed by atoms with Crippen LogP contribution in [0.3, 0.4) is 0 Å². The van der Waals surface area contributed by atoms with Gasteiger partial charge in [0.15, 0.2) is 0 Å². The van der Waals surface area contributed by atoms with E-state index in [-0.39, 0.29) is 5.75 Å². The second-order valence-electron chi connectivity index (χ2n) is 2.67.